The van der Waals surface area contributed by atoms with Crippen molar-refractivity contribution < 1.29 is 8.78 Å². The lowest BCUT2D eigenvalue weighted by Gasteiger charge is -2.10. The highest BCUT2D eigenvalue weighted by Gasteiger charge is 2.23. The summed E-state index contributed by atoms with van der Waals surface area (Å²) < 4.78 is 27.3. The van der Waals surface area contributed by atoms with Crippen LogP contribution in [0.2, 0.25) is 0 Å². The van der Waals surface area contributed by atoms with E-state index in [0.717, 1.165) is 10.6 Å². The lowest BCUT2D eigenvalue weighted by molar-refractivity contribution is 0.510. The summed E-state index contributed by atoms with van der Waals surface area (Å²) in [4.78, 5) is 1.03. The molecule has 2 heterocycles. The molecule has 92 valence electrons. The van der Waals surface area contributed by atoms with Crippen LogP contribution in [-0.2, 0) is 0 Å². The first-order valence-corrected chi connectivity index (χ1v) is 6.35. The molecule has 2 N–H and O–H groups in total. The summed E-state index contributed by atoms with van der Waals surface area (Å²) in [6, 6.07) is 7.27. The number of hydrogen-bond donors (Lipinski definition) is 2. The summed E-state index contributed by atoms with van der Waals surface area (Å²) in [6.45, 7) is 0. The smallest absolute Gasteiger partial charge is 0.131 e. The number of nitrogens with one attached hydrogen (secondary N) is 2. The van der Waals surface area contributed by atoms with Crippen molar-refractivity contribution in [1.82, 2.24) is 10.9 Å². The fraction of sp³-hybridized carbons (Fsp3) is 0.0769. The number of rotatable bonds is 2. The van der Waals surface area contributed by atoms with E-state index >= 15 is 0 Å². The van der Waals surface area contributed by atoms with E-state index in [4.69, 9.17) is 0 Å². The van der Waals surface area contributed by atoms with Gasteiger partial charge in [0.05, 0.1) is 16.6 Å². The molecule has 1 atom stereocenters. The molecule has 0 fully saturated rings. The molecule has 0 saturated heterocycles. The van der Waals surface area contributed by atoms with Crippen LogP contribution in [0.1, 0.15) is 16.5 Å². The van der Waals surface area contributed by atoms with Gasteiger partial charge in [-0.25, -0.2) is 14.2 Å². The molecule has 1 aromatic heterocycles. The Bertz CT molecular complexity index is 573. The van der Waals surface area contributed by atoms with Crippen molar-refractivity contribution in [3.05, 3.63) is 63.9 Å². The number of hydrazine groups is 1. The number of halogens is 2. The second-order valence-electron chi connectivity index (χ2n) is 3.94. The van der Waals surface area contributed by atoms with Crippen molar-refractivity contribution >= 4 is 17.0 Å². The van der Waals surface area contributed by atoms with E-state index in [-0.39, 0.29) is 5.56 Å². The van der Waals surface area contributed by atoms with Gasteiger partial charge in [-0.05, 0) is 29.7 Å². The molecule has 0 bridgehead atoms. The summed E-state index contributed by atoms with van der Waals surface area (Å²) in [7, 11) is 0. The zero-order valence-corrected chi connectivity index (χ0v) is 10.1. The van der Waals surface area contributed by atoms with Crippen LogP contribution in [0.5, 0.6) is 0 Å². The Kier molecular flexibility index (Phi) is 2.85. The highest BCUT2D eigenvalue weighted by Crippen LogP contribution is 2.29. The zero-order valence-electron chi connectivity index (χ0n) is 9.28. The Hall–Kier alpha value is -1.72. The third kappa shape index (κ3) is 1.91. The van der Waals surface area contributed by atoms with Gasteiger partial charge >= 0.3 is 0 Å². The van der Waals surface area contributed by atoms with Gasteiger partial charge in [0.15, 0.2) is 0 Å². The van der Waals surface area contributed by atoms with Crippen LogP contribution < -0.4 is 10.9 Å². The van der Waals surface area contributed by atoms with Crippen molar-refractivity contribution in [1.29, 1.82) is 0 Å². The number of benzene rings is 1. The van der Waals surface area contributed by atoms with Crippen molar-refractivity contribution in [2.24, 2.45) is 0 Å². The molecule has 0 spiro atoms. The lowest BCUT2D eigenvalue weighted by Crippen LogP contribution is -2.27. The average molecular weight is 264 g/mol. The summed E-state index contributed by atoms with van der Waals surface area (Å²) in [6.07, 6.45) is 1.79. The first kappa shape index (κ1) is 11.4. The predicted octanol–water partition coefficient (Wildman–Crippen LogP) is 3.22. The van der Waals surface area contributed by atoms with Crippen molar-refractivity contribution in [2.45, 2.75) is 6.04 Å². The highest BCUT2D eigenvalue weighted by molar-refractivity contribution is 7.11. The molecule has 18 heavy (non-hydrogen) atoms. The number of thiophene rings is 1. The molecule has 0 saturated carbocycles. The normalized spacial score (nSPS) is 18.6. The molecule has 3 rings (SSSR count). The highest BCUT2D eigenvalue weighted by atomic mass is 32.1. The molecule has 0 radical (unpaired) electrons. The van der Waals surface area contributed by atoms with Crippen LogP contribution in [0, 0.1) is 11.6 Å². The van der Waals surface area contributed by atoms with Gasteiger partial charge in [-0.2, -0.15) is 0 Å². The molecule has 2 nitrogen and oxygen atoms in total. The second kappa shape index (κ2) is 4.51. The van der Waals surface area contributed by atoms with E-state index in [1.165, 1.54) is 18.2 Å². The summed E-state index contributed by atoms with van der Waals surface area (Å²) >= 11 is 1.57. The first-order chi connectivity index (χ1) is 8.75. The molecule has 0 aliphatic carbocycles. The van der Waals surface area contributed by atoms with Gasteiger partial charge in [0.2, 0.25) is 0 Å². The minimum atomic E-state index is -0.544. The summed E-state index contributed by atoms with van der Waals surface area (Å²) in [5.41, 5.74) is 6.71. The molecule has 1 unspecified atom stereocenters. The molecule has 0 amide bonds. The summed E-state index contributed by atoms with van der Waals surface area (Å²) in [5, 5.41) is 1.95. The maximum Gasteiger partial charge on any atom is 0.131 e. The average Bonchev–Trinajstić information content (AvgIpc) is 2.99. The van der Waals surface area contributed by atoms with Gasteiger partial charge < -0.3 is 5.43 Å². The Morgan fingerprint density at radius 3 is 2.50 bits per heavy atom. The zero-order chi connectivity index (χ0) is 12.5. The first-order valence-electron chi connectivity index (χ1n) is 5.47. The standard InChI is InChI=1S/C13H10F2N2S/c14-8-3-1-4-9(15)13(8)11-7-10(16-17-11)12-5-2-6-18-12/h1-7,11,16-17H. The predicted molar refractivity (Wildman–Crippen MR) is 67.7 cm³/mol. The Morgan fingerprint density at radius 1 is 1.06 bits per heavy atom. The van der Waals surface area contributed by atoms with E-state index in [1.54, 1.807) is 17.4 Å². The van der Waals surface area contributed by atoms with E-state index in [9.17, 15) is 8.78 Å². The third-order valence-electron chi connectivity index (χ3n) is 2.79. The third-order valence-corrected chi connectivity index (χ3v) is 3.70. The quantitative estimate of drug-likeness (QED) is 0.870. The van der Waals surface area contributed by atoms with E-state index in [1.807, 2.05) is 17.5 Å². The molecule has 1 aliphatic rings. The van der Waals surface area contributed by atoms with Gasteiger partial charge in [0.25, 0.3) is 0 Å². The number of hydrogen-bond acceptors (Lipinski definition) is 3. The molecule has 1 aromatic carbocycles. The molecular formula is C13H10F2N2S. The Labute approximate surface area is 107 Å². The fourth-order valence-electron chi connectivity index (χ4n) is 1.94. The minimum absolute atomic E-state index is 0.0385. The van der Waals surface area contributed by atoms with Crippen molar-refractivity contribution in [2.75, 3.05) is 0 Å². The van der Waals surface area contributed by atoms with E-state index < -0.39 is 17.7 Å². The largest absolute Gasteiger partial charge is 0.319 e. The van der Waals surface area contributed by atoms with Crippen molar-refractivity contribution in [3.8, 4) is 0 Å². The monoisotopic (exact) mass is 264 g/mol. The van der Waals surface area contributed by atoms with Gasteiger partial charge in [-0.1, -0.05) is 12.1 Å². The Balaban J connectivity index is 1.96. The SMILES string of the molecule is Fc1cccc(F)c1C1C=C(c2cccs2)NN1. The van der Waals surface area contributed by atoms with Crippen LogP contribution in [0.15, 0.2) is 41.8 Å². The maximum absolute atomic E-state index is 13.6. The van der Waals surface area contributed by atoms with Crippen LogP contribution in [0.25, 0.3) is 5.70 Å². The molecule has 1 aliphatic heterocycles. The minimum Gasteiger partial charge on any atom is -0.319 e. The molecule has 5 heteroatoms. The van der Waals surface area contributed by atoms with Gasteiger partial charge in [0, 0.05) is 5.56 Å². The van der Waals surface area contributed by atoms with E-state index in [2.05, 4.69) is 10.9 Å². The van der Waals surface area contributed by atoms with E-state index in [0.29, 0.717) is 0 Å². The van der Waals surface area contributed by atoms with Gasteiger partial charge in [-0.15, -0.1) is 11.3 Å². The fourth-order valence-corrected chi connectivity index (χ4v) is 2.65. The van der Waals surface area contributed by atoms with Crippen molar-refractivity contribution in [3.63, 3.8) is 0 Å². The summed E-state index contributed by atoms with van der Waals surface area (Å²) in [5.74, 6) is -1.09. The van der Waals surface area contributed by atoms with Crippen LogP contribution in [0.4, 0.5) is 8.78 Å². The van der Waals surface area contributed by atoms with Gasteiger partial charge in [0.1, 0.15) is 11.6 Å². The van der Waals surface area contributed by atoms with Crippen LogP contribution in [-0.4, -0.2) is 0 Å². The maximum atomic E-state index is 13.6. The van der Waals surface area contributed by atoms with Crippen LogP contribution >= 0.6 is 11.3 Å². The second-order valence-corrected chi connectivity index (χ2v) is 4.89. The molecule has 2 aromatic rings. The van der Waals surface area contributed by atoms with Crippen LogP contribution in [0.3, 0.4) is 0 Å². The Morgan fingerprint density at radius 2 is 1.83 bits per heavy atom. The van der Waals surface area contributed by atoms with Gasteiger partial charge in [-0.3, -0.25) is 0 Å². The lowest BCUT2D eigenvalue weighted by atomic mass is 10.1. The molecular weight excluding hydrogens is 254 g/mol. The topological polar surface area (TPSA) is 24.1 Å².